The summed E-state index contributed by atoms with van der Waals surface area (Å²) in [6, 6.07) is 9.78. The van der Waals surface area contributed by atoms with E-state index >= 15 is 0 Å². The Morgan fingerprint density at radius 2 is 1.97 bits per heavy atom. The van der Waals surface area contributed by atoms with Gasteiger partial charge in [-0.3, -0.25) is 4.79 Å². The number of carbonyl (C=O) groups is 1. The lowest BCUT2D eigenvalue weighted by Crippen LogP contribution is -2.26. The van der Waals surface area contributed by atoms with E-state index < -0.39 is 10.0 Å². The van der Waals surface area contributed by atoms with Crippen molar-refractivity contribution in [2.75, 3.05) is 13.7 Å². The van der Waals surface area contributed by atoms with Gasteiger partial charge in [-0.2, -0.15) is 0 Å². The first-order valence-corrected chi connectivity index (χ1v) is 10.9. The number of amides is 1. The summed E-state index contributed by atoms with van der Waals surface area (Å²) in [7, 11) is -2.12. The second-order valence-electron chi connectivity index (χ2n) is 7.13. The lowest BCUT2D eigenvalue weighted by atomic mass is 10.1. The number of primary sulfonamides is 1. The van der Waals surface area contributed by atoms with Crippen LogP contribution in [0.4, 0.5) is 0 Å². The van der Waals surface area contributed by atoms with Crippen molar-refractivity contribution in [3.63, 3.8) is 0 Å². The largest absolute Gasteiger partial charge is 0.494 e. The fraction of sp³-hybridized carbons (Fsp3) is 0.300. The summed E-state index contributed by atoms with van der Waals surface area (Å²) >= 11 is 0. The number of benzene rings is 2. The number of nitrogens with two attached hydrogens (primary N) is 1. The zero-order valence-corrected chi connectivity index (χ0v) is 16.8. The minimum Gasteiger partial charge on any atom is -0.494 e. The van der Waals surface area contributed by atoms with Crippen molar-refractivity contribution in [2.45, 2.75) is 30.1 Å². The fourth-order valence-electron chi connectivity index (χ4n) is 3.25. The molecule has 3 aromatic rings. The van der Waals surface area contributed by atoms with Gasteiger partial charge in [0, 0.05) is 12.5 Å². The normalized spacial score (nSPS) is 14.1. The van der Waals surface area contributed by atoms with E-state index in [0.29, 0.717) is 41.2 Å². The third-order valence-electron chi connectivity index (χ3n) is 5.01. The lowest BCUT2D eigenvalue weighted by Gasteiger charge is -2.08. The molecule has 1 amide bonds. The van der Waals surface area contributed by atoms with Crippen LogP contribution in [0.2, 0.25) is 0 Å². The van der Waals surface area contributed by atoms with Gasteiger partial charge in [0.25, 0.3) is 5.91 Å². The van der Waals surface area contributed by atoms with Crippen molar-refractivity contribution in [3.05, 3.63) is 53.3 Å². The highest BCUT2D eigenvalue weighted by Gasteiger charge is 2.28. The summed E-state index contributed by atoms with van der Waals surface area (Å²) in [6.45, 7) is 0.407. The van der Waals surface area contributed by atoms with Crippen LogP contribution in [0, 0.1) is 0 Å². The molecule has 2 aromatic carbocycles. The Morgan fingerprint density at radius 1 is 1.24 bits per heavy atom. The standard InChI is InChI=1S/C20H22N4O4S/c1-28-16-9-8-15(17-18(16)24-19(23-17)13-4-5-13)20(25)22-11-10-12-2-6-14(7-3-12)29(21,26)27/h2-3,6-9,13H,4-5,10-11H2,1H3,(H,22,25)(H,23,24)(H2,21,26,27). The van der Waals surface area contributed by atoms with Gasteiger partial charge in [0.15, 0.2) is 0 Å². The topological polar surface area (TPSA) is 127 Å². The van der Waals surface area contributed by atoms with E-state index in [1.165, 1.54) is 12.1 Å². The van der Waals surface area contributed by atoms with E-state index in [1.54, 1.807) is 31.4 Å². The molecule has 29 heavy (non-hydrogen) atoms. The van der Waals surface area contributed by atoms with Crippen LogP contribution in [0.1, 0.15) is 40.5 Å². The summed E-state index contributed by atoms with van der Waals surface area (Å²) in [5, 5.41) is 8.01. The maximum atomic E-state index is 12.7. The molecular weight excluding hydrogens is 392 g/mol. The van der Waals surface area contributed by atoms with Crippen molar-refractivity contribution in [2.24, 2.45) is 5.14 Å². The highest BCUT2D eigenvalue weighted by Crippen LogP contribution is 2.40. The molecule has 1 aromatic heterocycles. The second-order valence-corrected chi connectivity index (χ2v) is 8.69. The number of aromatic nitrogens is 2. The number of aromatic amines is 1. The van der Waals surface area contributed by atoms with Crippen LogP contribution in [-0.4, -0.2) is 37.9 Å². The molecule has 0 radical (unpaired) electrons. The van der Waals surface area contributed by atoms with Crippen molar-refractivity contribution in [1.29, 1.82) is 0 Å². The van der Waals surface area contributed by atoms with Crippen molar-refractivity contribution >= 4 is 27.0 Å². The van der Waals surface area contributed by atoms with Crippen molar-refractivity contribution in [1.82, 2.24) is 15.3 Å². The van der Waals surface area contributed by atoms with Crippen LogP contribution < -0.4 is 15.2 Å². The first kappa shape index (κ1) is 19.4. The molecule has 0 saturated heterocycles. The summed E-state index contributed by atoms with van der Waals surface area (Å²) in [6.07, 6.45) is 2.77. The summed E-state index contributed by atoms with van der Waals surface area (Å²) in [5.74, 6) is 1.76. The number of carbonyl (C=O) groups excluding carboxylic acids is 1. The number of nitrogens with one attached hydrogen (secondary N) is 2. The summed E-state index contributed by atoms with van der Waals surface area (Å²) < 4.78 is 28.0. The Kier molecular flexibility index (Phi) is 5.01. The van der Waals surface area contributed by atoms with Crippen molar-refractivity contribution < 1.29 is 17.9 Å². The number of sulfonamides is 1. The second kappa shape index (κ2) is 7.49. The Bertz CT molecular complexity index is 1170. The maximum Gasteiger partial charge on any atom is 0.253 e. The minimum absolute atomic E-state index is 0.0663. The minimum atomic E-state index is -3.71. The Labute approximate surface area is 168 Å². The van der Waals surface area contributed by atoms with Crippen LogP contribution in [0.5, 0.6) is 5.75 Å². The zero-order valence-electron chi connectivity index (χ0n) is 15.9. The average Bonchev–Trinajstić information content (AvgIpc) is 3.45. The molecule has 1 heterocycles. The molecule has 4 N–H and O–H groups in total. The Hall–Kier alpha value is -2.91. The van der Waals surface area contributed by atoms with Gasteiger partial charge in [-0.05, 0) is 49.1 Å². The third-order valence-corrected chi connectivity index (χ3v) is 5.94. The molecule has 0 unspecified atom stereocenters. The predicted molar refractivity (Wildman–Crippen MR) is 108 cm³/mol. The molecule has 1 aliphatic rings. The summed E-state index contributed by atoms with van der Waals surface area (Å²) in [5.41, 5.74) is 2.77. The van der Waals surface area contributed by atoms with Crippen molar-refractivity contribution in [3.8, 4) is 5.75 Å². The van der Waals surface area contributed by atoms with E-state index in [0.717, 1.165) is 24.2 Å². The fourth-order valence-corrected chi connectivity index (χ4v) is 3.77. The molecule has 1 aliphatic carbocycles. The van der Waals surface area contributed by atoms with Gasteiger partial charge in [0.05, 0.1) is 23.1 Å². The number of H-pyrrole nitrogens is 1. The maximum absolute atomic E-state index is 12.7. The summed E-state index contributed by atoms with van der Waals surface area (Å²) in [4.78, 5) is 20.7. The number of hydrogen-bond acceptors (Lipinski definition) is 5. The van der Waals surface area contributed by atoms with Gasteiger partial charge < -0.3 is 15.0 Å². The predicted octanol–water partition coefficient (Wildman–Crippen LogP) is 2.07. The lowest BCUT2D eigenvalue weighted by molar-refractivity contribution is 0.0955. The molecule has 9 heteroatoms. The van der Waals surface area contributed by atoms with E-state index in [9.17, 15) is 13.2 Å². The molecule has 0 aliphatic heterocycles. The van der Waals surface area contributed by atoms with Crippen LogP contribution in [0.3, 0.4) is 0 Å². The van der Waals surface area contributed by atoms with Gasteiger partial charge in [-0.15, -0.1) is 0 Å². The van der Waals surface area contributed by atoms with Gasteiger partial charge in [0.1, 0.15) is 17.1 Å². The number of ether oxygens (including phenoxy) is 1. The van der Waals surface area contributed by atoms with E-state index in [4.69, 9.17) is 9.88 Å². The first-order chi connectivity index (χ1) is 13.9. The molecule has 8 nitrogen and oxygen atoms in total. The molecular formula is C20H22N4O4S. The third kappa shape index (κ3) is 4.10. The van der Waals surface area contributed by atoms with Crippen LogP contribution >= 0.6 is 0 Å². The van der Waals surface area contributed by atoms with Gasteiger partial charge in [-0.1, -0.05) is 12.1 Å². The van der Waals surface area contributed by atoms with E-state index in [2.05, 4.69) is 15.3 Å². The number of hydrogen-bond donors (Lipinski definition) is 3. The molecule has 152 valence electrons. The zero-order chi connectivity index (χ0) is 20.6. The van der Waals surface area contributed by atoms with Crippen LogP contribution in [-0.2, 0) is 16.4 Å². The first-order valence-electron chi connectivity index (χ1n) is 9.33. The molecule has 4 rings (SSSR count). The molecule has 0 bridgehead atoms. The Balaban J connectivity index is 1.46. The molecule has 1 saturated carbocycles. The quantitative estimate of drug-likeness (QED) is 0.545. The average molecular weight is 414 g/mol. The number of methoxy groups -OCH3 is 1. The number of nitrogens with zero attached hydrogens (tertiary/aromatic N) is 1. The highest BCUT2D eigenvalue weighted by molar-refractivity contribution is 7.89. The number of imidazole rings is 1. The smallest absolute Gasteiger partial charge is 0.253 e. The van der Waals surface area contributed by atoms with Gasteiger partial charge >= 0.3 is 0 Å². The van der Waals surface area contributed by atoms with Crippen LogP contribution in [0.25, 0.3) is 11.0 Å². The molecule has 1 fully saturated rings. The highest BCUT2D eigenvalue weighted by atomic mass is 32.2. The van der Waals surface area contributed by atoms with Crippen LogP contribution in [0.15, 0.2) is 41.3 Å². The SMILES string of the molecule is COc1ccc(C(=O)NCCc2ccc(S(N)(=O)=O)cc2)c2[nH]c(C3CC3)nc12. The molecule has 0 spiro atoms. The monoisotopic (exact) mass is 414 g/mol. The van der Waals surface area contributed by atoms with E-state index in [1.807, 2.05) is 0 Å². The molecule has 0 atom stereocenters. The number of rotatable bonds is 7. The van der Waals surface area contributed by atoms with Gasteiger partial charge in [0.2, 0.25) is 10.0 Å². The number of fused-ring (bicyclic) bond motifs is 1. The van der Waals surface area contributed by atoms with E-state index in [-0.39, 0.29) is 10.8 Å². The van der Waals surface area contributed by atoms with Gasteiger partial charge in [-0.25, -0.2) is 18.5 Å². The Morgan fingerprint density at radius 3 is 2.59 bits per heavy atom.